The van der Waals surface area contributed by atoms with Gasteiger partial charge in [-0.05, 0) is 11.6 Å². The van der Waals surface area contributed by atoms with Crippen molar-refractivity contribution >= 4 is 27.7 Å². The molecule has 0 atom stereocenters. The van der Waals surface area contributed by atoms with Crippen molar-refractivity contribution in [3.05, 3.63) is 82.3 Å². The number of rotatable bonds is 6. The first kappa shape index (κ1) is 22.4. The number of nitrogens with zero attached hydrogens (tertiary/aromatic N) is 4. The second-order valence-corrected chi connectivity index (χ2v) is 8.89. The van der Waals surface area contributed by atoms with Crippen molar-refractivity contribution in [2.75, 3.05) is 39.9 Å². The van der Waals surface area contributed by atoms with Crippen LogP contribution in [0.4, 0.5) is 0 Å². The number of methoxy groups -OCH3 is 1. The number of piperazine rings is 1. The number of hydrogen-bond donors (Lipinski definition) is 0. The monoisotopic (exact) mass is 458 g/mol. The quantitative estimate of drug-likeness (QED) is 0.446. The zero-order chi connectivity index (χ0) is 23.7. The number of benzene rings is 2. The lowest BCUT2D eigenvalue weighted by molar-refractivity contribution is 0.0629. The molecule has 1 saturated heterocycles. The normalized spacial score (nSPS) is 14.8. The zero-order valence-corrected chi connectivity index (χ0v) is 19.7. The smallest absolute Gasteiger partial charge is 0.275 e. The van der Waals surface area contributed by atoms with Gasteiger partial charge in [-0.3, -0.25) is 14.5 Å². The average molecular weight is 459 g/mol. The standard InChI is InChI=1S/C27H30N4O3/c1-28-23-11-7-6-10-21(23)24-22(19-31(16-17-34-2)27(33)25(24)28)26(32)30-14-12-29(13-15-30)18-20-8-4-3-5-9-20/h3-11,19H,12-18H2,1-2H3. The Kier molecular flexibility index (Phi) is 6.22. The molecule has 5 rings (SSSR count). The largest absolute Gasteiger partial charge is 0.383 e. The summed E-state index contributed by atoms with van der Waals surface area (Å²) < 4.78 is 8.73. The number of ether oxygens (including phenoxy) is 1. The molecule has 1 amide bonds. The molecule has 2 aromatic heterocycles. The molecule has 0 N–H and O–H groups in total. The van der Waals surface area contributed by atoms with Gasteiger partial charge in [-0.25, -0.2) is 0 Å². The summed E-state index contributed by atoms with van der Waals surface area (Å²) in [6.45, 7) is 4.66. The Labute approximate surface area is 198 Å². The van der Waals surface area contributed by atoms with E-state index in [-0.39, 0.29) is 11.5 Å². The van der Waals surface area contributed by atoms with Gasteiger partial charge in [0.15, 0.2) is 0 Å². The second kappa shape index (κ2) is 9.44. The third-order valence-corrected chi connectivity index (χ3v) is 6.80. The van der Waals surface area contributed by atoms with Crippen LogP contribution < -0.4 is 5.56 Å². The van der Waals surface area contributed by atoms with E-state index in [0.717, 1.165) is 35.9 Å². The SMILES string of the molecule is COCCn1cc(C(=O)N2CCN(Cc3ccccc3)CC2)c2c3ccccc3n(C)c2c1=O. The lowest BCUT2D eigenvalue weighted by Gasteiger charge is -2.35. The Morgan fingerprint density at radius 1 is 0.971 bits per heavy atom. The van der Waals surface area contributed by atoms with Crippen molar-refractivity contribution in [1.82, 2.24) is 18.9 Å². The number of fused-ring (bicyclic) bond motifs is 3. The summed E-state index contributed by atoms with van der Waals surface area (Å²) in [5.74, 6) is -0.0214. The van der Waals surface area contributed by atoms with Crippen LogP contribution in [0.15, 0.2) is 65.6 Å². The number of carbonyl (C=O) groups excluding carboxylic acids is 1. The van der Waals surface area contributed by atoms with Crippen molar-refractivity contribution < 1.29 is 9.53 Å². The molecule has 7 heteroatoms. The van der Waals surface area contributed by atoms with E-state index in [1.807, 2.05) is 46.8 Å². The maximum Gasteiger partial charge on any atom is 0.275 e. The third kappa shape index (κ3) is 4.02. The van der Waals surface area contributed by atoms with Crippen LogP contribution in [-0.4, -0.2) is 64.7 Å². The summed E-state index contributed by atoms with van der Waals surface area (Å²) in [5, 5.41) is 1.68. The molecule has 1 aliphatic heterocycles. The summed E-state index contributed by atoms with van der Waals surface area (Å²) in [4.78, 5) is 31.5. The van der Waals surface area contributed by atoms with E-state index in [0.29, 0.717) is 37.3 Å². The van der Waals surface area contributed by atoms with Crippen LogP contribution in [0.2, 0.25) is 0 Å². The van der Waals surface area contributed by atoms with Crippen LogP contribution in [0.5, 0.6) is 0 Å². The minimum Gasteiger partial charge on any atom is -0.383 e. The van der Waals surface area contributed by atoms with Crippen LogP contribution in [0.1, 0.15) is 15.9 Å². The van der Waals surface area contributed by atoms with Crippen molar-refractivity contribution in [2.24, 2.45) is 7.05 Å². The van der Waals surface area contributed by atoms with Gasteiger partial charge in [0.2, 0.25) is 0 Å². The van der Waals surface area contributed by atoms with E-state index in [9.17, 15) is 9.59 Å². The fourth-order valence-electron chi connectivity index (χ4n) is 4.97. The molecule has 0 radical (unpaired) electrons. The number of hydrogen-bond acceptors (Lipinski definition) is 4. The summed E-state index contributed by atoms with van der Waals surface area (Å²) >= 11 is 0. The fraction of sp³-hybridized carbons (Fsp3) is 0.333. The molecule has 0 saturated carbocycles. The molecule has 4 aromatic rings. The number of aromatic nitrogens is 2. The van der Waals surface area contributed by atoms with Gasteiger partial charge in [-0.15, -0.1) is 0 Å². The van der Waals surface area contributed by atoms with E-state index in [4.69, 9.17) is 4.74 Å². The van der Waals surface area contributed by atoms with Crippen LogP contribution in [0.25, 0.3) is 21.8 Å². The number of para-hydroxylation sites is 1. The van der Waals surface area contributed by atoms with Crippen molar-refractivity contribution in [1.29, 1.82) is 0 Å². The van der Waals surface area contributed by atoms with Gasteiger partial charge < -0.3 is 18.8 Å². The number of pyridine rings is 1. The van der Waals surface area contributed by atoms with Crippen LogP contribution in [0.3, 0.4) is 0 Å². The molecule has 0 unspecified atom stereocenters. The highest BCUT2D eigenvalue weighted by atomic mass is 16.5. The second-order valence-electron chi connectivity index (χ2n) is 8.89. The molecule has 0 spiro atoms. The molecular weight excluding hydrogens is 428 g/mol. The van der Waals surface area contributed by atoms with Gasteiger partial charge in [0, 0.05) is 75.9 Å². The summed E-state index contributed by atoms with van der Waals surface area (Å²) in [6.07, 6.45) is 1.73. The predicted molar refractivity (Wildman–Crippen MR) is 134 cm³/mol. The Morgan fingerprint density at radius 3 is 2.41 bits per heavy atom. The Hall–Kier alpha value is -3.42. The van der Waals surface area contributed by atoms with Crippen molar-refractivity contribution in [2.45, 2.75) is 13.1 Å². The summed E-state index contributed by atoms with van der Waals surface area (Å²) in [5.41, 5.74) is 3.27. The molecule has 0 aliphatic carbocycles. The molecule has 7 nitrogen and oxygen atoms in total. The fourth-order valence-corrected chi connectivity index (χ4v) is 4.97. The molecule has 3 heterocycles. The zero-order valence-electron chi connectivity index (χ0n) is 19.7. The van der Waals surface area contributed by atoms with E-state index in [1.54, 1.807) is 17.9 Å². The van der Waals surface area contributed by atoms with Gasteiger partial charge in [0.25, 0.3) is 11.5 Å². The Morgan fingerprint density at radius 2 is 1.68 bits per heavy atom. The Bertz CT molecular complexity index is 1380. The van der Waals surface area contributed by atoms with Gasteiger partial charge >= 0.3 is 0 Å². The maximum absolute atomic E-state index is 13.8. The highest BCUT2D eigenvalue weighted by Gasteiger charge is 2.27. The number of amides is 1. The molecule has 2 aromatic carbocycles. The van der Waals surface area contributed by atoms with Crippen molar-refractivity contribution in [3.8, 4) is 0 Å². The maximum atomic E-state index is 13.8. The lowest BCUT2D eigenvalue weighted by Crippen LogP contribution is -2.48. The highest BCUT2D eigenvalue weighted by Crippen LogP contribution is 2.30. The summed E-state index contributed by atoms with van der Waals surface area (Å²) in [6, 6.07) is 18.3. The van der Waals surface area contributed by atoms with Gasteiger partial charge in [-0.1, -0.05) is 48.5 Å². The number of aryl methyl sites for hydroxylation is 1. The van der Waals surface area contributed by atoms with Gasteiger partial charge in [-0.2, -0.15) is 0 Å². The van der Waals surface area contributed by atoms with Crippen LogP contribution in [-0.2, 0) is 24.9 Å². The van der Waals surface area contributed by atoms with E-state index < -0.39 is 0 Å². The molecule has 1 fully saturated rings. The molecule has 0 bridgehead atoms. The molecular formula is C27H30N4O3. The van der Waals surface area contributed by atoms with Crippen molar-refractivity contribution in [3.63, 3.8) is 0 Å². The number of carbonyl (C=O) groups is 1. The topological polar surface area (TPSA) is 59.7 Å². The molecule has 34 heavy (non-hydrogen) atoms. The van der Waals surface area contributed by atoms with Crippen LogP contribution in [0, 0.1) is 0 Å². The van der Waals surface area contributed by atoms with Crippen LogP contribution >= 0.6 is 0 Å². The Balaban J connectivity index is 1.49. The molecule has 176 valence electrons. The van der Waals surface area contributed by atoms with Gasteiger partial charge in [0.1, 0.15) is 5.52 Å². The van der Waals surface area contributed by atoms with Gasteiger partial charge in [0.05, 0.1) is 12.2 Å². The summed E-state index contributed by atoms with van der Waals surface area (Å²) in [7, 11) is 3.50. The van der Waals surface area contributed by atoms with E-state index in [2.05, 4.69) is 29.2 Å². The van der Waals surface area contributed by atoms with E-state index >= 15 is 0 Å². The minimum atomic E-state index is -0.102. The third-order valence-electron chi connectivity index (χ3n) is 6.80. The lowest BCUT2D eigenvalue weighted by atomic mass is 10.1. The minimum absolute atomic E-state index is 0.0214. The molecule has 1 aliphatic rings. The first-order chi connectivity index (χ1) is 16.6. The average Bonchev–Trinajstić information content (AvgIpc) is 3.17. The predicted octanol–water partition coefficient (Wildman–Crippen LogP) is 3.10. The first-order valence-electron chi connectivity index (χ1n) is 11.7. The first-order valence-corrected chi connectivity index (χ1v) is 11.7. The van der Waals surface area contributed by atoms with E-state index in [1.165, 1.54) is 5.56 Å². The highest BCUT2D eigenvalue weighted by molar-refractivity contribution is 6.17.